The van der Waals surface area contributed by atoms with Crippen molar-refractivity contribution in [2.75, 3.05) is 7.11 Å². The number of ether oxygens (including phenoxy) is 1. The molecule has 0 bridgehead atoms. The summed E-state index contributed by atoms with van der Waals surface area (Å²) in [6, 6.07) is 6.60. The van der Waals surface area contributed by atoms with Crippen LogP contribution in [-0.2, 0) is 4.79 Å². The van der Waals surface area contributed by atoms with Crippen molar-refractivity contribution in [1.29, 1.82) is 0 Å². The maximum absolute atomic E-state index is 12.1. The molecule has 5 nitrogen and oxygen atoms in total. The Bertz CT molecular complexity index is 475. The van der Waals surface area contributed by atoms with Crippen molar-refractivity contribution in [1.82, 2.24) is 5.32 Å². The average molecular weight is 263 g/mol. The van der Waals surface area contributed by atoms with E-state index in [9.17, 15) is 14.7 Å². The quantitative estimate of drug-likeness (QED) is 0.868. The normalized spacial score (nSPS) is 16.9. The van der Waals surface area contributed by atoms with Gasteiger partial charge in [-0.2, -0.15) is 0 Å². The van der Waals surface area contributed by atoms with E-state index in [1.807, 2.05) is 0 Å². The first kappa shape index (κ1) is 13.4. The largest absolute Gasteiger partial charge is 0.497 e. The van der Waals surface area contributed by atoms with Gasteiger partial charge in [0, 0.05) is 5.56 Å². The number of rotatable bonds is 4. The second-order valence-electron chi connectivity index (χ2n) is 4.78. The first-order valence-corrected chi connectivity index (χ1v) is 6.27. The van der Waals surface area contributed by atoms with Crippen LogP contribution in [0.5, 0.6) is 5.75 Å². The molecule has 0 saturated heterocycles. The van der Waals surface area contributed by atoms with Crippen LogP contribution < -0.4 is 10.1 Å². The molecule has 1 aliphatic rings. The van der Waals surface area contributed by atoms with Crippen molar-refractivity contribution in [3.63, 3.8) is 0 Å². The zero-order chi connectivity index (χ0) is 13.9. The topological polar surface area (TPSA) is 75.6 Å². The summed E-state index contributed by atoms with van der Waals surface area (Å²) in [4.78, 5) is 23.5. The van der Waals surface area contributed by atoms with Crippen molar-refractivity contribution in [3.05, 3.63) is 29.8 Å². The number of nitrogens with one attached hydrogen (secondary N) is 1. The van der Waals surface area contributed by atoms with Crippen LogP contribution >= 0.6 is 0 Å². The molecule has 1 aromatic carbocycles. The van der Waals surface area contributed by atoms with Crippen molar-refractivity contribution in [2.24, 2.45) is 0 Å². The van der Waals surface area contributed by atoms with E-state index in [4.69, 9.17) is 4.74 Å². The van der Waals surface area contributed by atoms with Crippen molar-refractivity contribution >= 4 is 11.9 Å². The summed E-state index contributed by atoms with van der Waals surface area (Å²) in [5.74, 6) is -0.649. The first-order valence-electron chi connectivity index (χ1n) is 6.27. The minimum Gasteiger partial charge on any atom is -0.497 e. The van der Waals surface area contributed by atoms with Gasteiger partial charge in [0.15, 0.2) is 0 Å². The summed E-state index contributed by atoms with van der Waals surface area (Å²) in [5, 5.41) is 12.0. The predicted octanol–water partition coefficient (Wildman–Crippen LogP) is 1.82. The van der Waals surface area contributed by atoms with E-state index < -0.39 is 11.5 Å². The van der Waals surface area contributed by atoms with Gasteiger partial charge in [-0.25, -0.2) is 4.79 Å². The summed E-state index contributed by atoms with van der Waals surface area (Å²) in [7, 11) is 1.55. The number of carboxylic acid groups (broad SMARTS) is 1. The highest BCUT2D eigenvalue weighted by molar-refractivity contribution is 5.98. The third-order valence-electron chi connectivity index (χ3n) is 3.57. The van der Waals surface area contributed by atoms with Crippen molar-refractivity contribution < 1.29 is 19.4 Å². The molecule has 0 heterocycles. The number of aliphatic carboxylic acids is 1. The Morgan fingerprint density at radius 1 is 1.21 bits per heavy atom. The number of carboxylic acids is 1. The van der Waals surface area contributed by atoms with Crippen molar-refractivity contribution in [3.8, 4) is 5.75 Å². The van der Waals surface area contributed by atoms with E-state index in [1.165, 1.54) is 0 Å². The molecule has 1 saturated carbocycles. The Morgan fingerprint density at radius 3 is 2.26 bits per heavy atom. The highest BCUT2D eigenvalue weighted by atomic mass is 16.5. The molecule has 102 valence electrons. The Morgan fingerprint density at radius 2 is 1.79 bits per heavy atom. The van der Waals surface area contributed by atoms with Gasteiger partial charge in [0.05, 0.1) is 7.11 Å². The van der Waals surface area contributed by atoms with Gasteiger partial charge in [-0.05, 0) is 37.1 Å². The van der Waals surface area contributed by atoms with E-state index >= 15 is 0 Å². The SMILES string of the molecule is COc1ccc(C(=O)NC2(C(=O)O)CCCC2)cc1. The molecule has 0 aliphatic heterocycles. The van der Waals surface area contributed by atoms with Crippen molar-refractivity contribution in [2.45, 2.75) is 31.2 Å². The van der Waals surface area contributed by atoms with Gasteiger partial charge in [-0.1, -0.05) is 12.8 Å². The van der Waals surface area contributed by atoms with Crippen LogP contribution in [0.1, 0.15) is 36.0 Å². The Balaban J connectivity index is 2.13. The summed E-state index contributed by atoms with van der Waals surface area (Å²) in [6.45, 7) is 0. The molecule has 0 unspecified atom stereocenters. The van der Waals surface area contributed by atoms with Crippen LogP contribution in [-0.4, -0.2) is 29.6 Å². The number of methoxy groups -OCH3 is 1. The lowest BCUT2D eigenvalue weighted by Gasteiger charge is -2.25. The van der Waals surface area contributed by atoms with Crippen LogP contribution in [0.2, 0.25) is 0 Å². The number of carbonyl (C=O) groups excluding carboxylic acids is 1. The molecule has 2 N–H and O–H groups in total. The van der Waals surface area contributed by atoms with E-state index in [1.54, 1.807) is 31.4 Å². The van der Waals surface area contributed by atoms with E-state index in [2.05, 4.69) is 5.32 Å². The van der Waals surface area contributed by atoms with Gasteiger partial charge in [-0.15, -0.1) is 0 Å². The van der Waals surface area contributed by atoms with E-state index in [0.717, 1.165) is 12.8 Å². The fourth-order valence-corrected chi connectivity index (χ4v) is 2.40. The smallest absolute Gasteiger partial charge is 0.329 e. The zero-order valence-corrected chi connectivity index (χ0v) is 10.8. The number of hydrogen-bond donors (Lipinski definition) is 2. The maximum atomic E-state index is 12.1. The Hall–Kier alpha value is -2.04. The zero-order valence-electron chi connectivity index (χ0n) is 10.8. The minimum atomic E-state index is -1.10. The van der Waals surface area contributed by atoms with Gasteiger partial charge in [0.25, 0.3) is 5.91 Å². The summed E-state index contributed by atoms with van der Waals surface area (Å²) in [6.07, 6.45) is 2.64. The predicted molar refractivity (Wildman–Crippen MR) is 69.3 cm³/mol. The minimum absolute atomic E-state index is 0.355. The highest BCUT2D eigenvalue weighted by Gasteiger charge is 2.42. The van der Waals surface area contributed by atoms with Crippen LogP contribution in [0.15, 0.2) is 24.3 Å². The number of carbonyl (C=O) groups is 2. The summed E-state index contributed by atoms with van der Waals surface area (Å²) in [5.41, 5.74) is -0.662. The molecule has 1 fully saturated rings. The molecule has 0 atom stereocenters. The van der Waals surface area contributed by atoms with Gasteiger partial charge in [-0.3, -0.25) is 4.79 Å². The number of hydrogen-bond acceptors (Lipinski definition) is 3. The van der Waals surface area contributed by atoms with Gasteiger partial charge in [0.2, 0.25) is 0 Å². The fraction of sp³-hybridized carbons (Fsp3) is 0.429. The van der Waals surface area contributed by atoms with Crippen LogP contribution in [0, 0.1) is 0 Å². The van der Waals surface area contributed by atoms with Crippen LogP contribution in [0.3, 0.4) is 0 Å². The summed E-state index contributed by atoms with van der Waals surface area (Å²) < 4.78 is 5.01. The maximum Gasteiger partial charge on any atom is 0.329 e. The lowest BCUT2D eigenvalue weighted by Crippen LogP contribution is -2.52. The second-order valence-corrected chi connectivity index (χ2v) is 4.78. The van der Waals surface area contributed by atoms with Gasteiger partial charge in [0.1, 0.15) is 11.3 Å². The molecular formula is C14H17NO4. The van der Waals surface area contributed by atoms with E-state index in [-0.39, 0.29) is 5.91 Å². The van der Waals surface area contributed by atoms with E-state index in [0.29, 0.717) is 24.2 Å². The average Bonchev–Trinajstić information content (AvgIpc) is 2.88. The highest BCUT2D eigenvalue weighted by Crippen LogP contribution is 2.30. The molecule has 19 heavy (non-hydrogen) atoms. The third-order valence-corrected chi connectivity index (χ3v) is 3.57. The molecule has 1 aromatic rings. The molecule has 0 radical (unpaired) electrons. The lowest BCUT2D eigenvalue weighted by molar-refractivity contribution is -0.144. The number of amides is 1. The lowest BCUT2D eigenvalue weighted by atomic mass is 9.97. The third kappa shape index (κ3) is 2.70. The molecule has 0 spiro atoms. The van der Waals surface area contributed by atoms with Crippen LogP contribution in [0.4, 0.5) is 0 Å². The second kappa shape index (κ2) is 5.30. The van der Waals surface area contributed by atoms with Crippen LogP contribution in [0.25, 0.3) is 0 Å². The monoisotopic (exact) mass is 263 g/mol. The number of benzene rings is 1. The molecule has 0 aromatic heterocycles. The molecule has 1 aliphatic carbocycles. The standard InChI is InChI=1S/C14H17NO4/c1-19-11-6-4-10(5-7-11)12(16)15-14(13(17)18)8-2-3-9-14/h4-7H,2-3,8-9H2,1H3,(H,15,16)(H,17,18). The molecule has 2 rings (SSSR count). The molecule has 5 heteroatoms. The molecular weight excluding hydrogens is 246 g/mol. The Labute approximate surface area is 111 Å². The first-order chi connectivity index (χ1) is 9.07. The van der Waals surface area contributed by atoms with Gasteiger partial charge >= 0.3 is 5.97 Å². The fourth-order valence-electron chi connectivity index (χ4n) is 2.40. The van der Waals surface area contributed by atoms with Gasteiger partial charge < -0.3 is 15.2 Å². The Kier molecular flexibility index (Phi) is 3.74. The molecule has 1 amide bonds. The summed E-state index contributed by atoms with van der Waals surface area (Å²) >= 11 is 0.